The van der Waals surface area contributed by atoms with Crippen molar-refractivity contribution in [2.24, 2.45) is 0 Å². The largest absolute Gasteiger partial charge is 0.348 e. The first-order chi connectivity index (χ1) is 6.16. The smallest absolute Gasteiger partial charge is 0.268 e. The molecule has 0 saturated carbocycles. The van der Waals surface area contributed by atoms with Gasteiger partial charge in [0.15, 0.2) is 0 Å². The minimum Gasteiger partial charge on any atom is -0.348 e. The maximum Gasteiger partial charge on any atom is 0.268 e. The first-order valence-corrected chi connectivity index (χ1v) is 5.41. The Labute approximate surface area is 90.6 Å². The SMILES string of the molecule is CC1CCn2cc(I)cc2C(=O)N1. The van der Waals surface area contributed by atoms with Crippen LogP contribution >= 0.6 is 22.6 Å². The highest BCUT2D eigenvalue weighted by molar-refractivity contribution is 14.1. The topological polar surface area (TPSA) is 34.0 Å². The fourth-order valence-corrected chi connectivity index (χ4v) is 2.18. The molecule has 13 heavy (non-hydrogen) atoms. The maximum absolute atomic E-state index is 11.6. The molecule has 0 fully saturated rings. The molecular formula is C9H11IN2O. The van der Waals surface area contributed by atoms with Crippen molar-refractivity contribution in [1.29, 1.82) is 0 Å². The van der Waals surface area contributed by atoms with Crippen LogP contribution in [0.2, 0.25) is 0 Å². The Bertz CT molecular complexity index is 345. The molecule has 3 nitrogen and oxygen atoms in total. The van der Waals surface area contributed by atoms with E-state index in [2.05, 4.69) is 27.9 Å². The average Bonchev–Trinajstić information content (AvgIpc) is 2.38. The summed E-state index contributed by atoms with van der Waals surface area (Å²) in [7, 11) is 0. The van der Waals surface area contributed by atoms with Gasteiger partial charge in [-0.25, -0.2) is 0 Å². The molecule has 0 spiro atoms. The van der Waals surface area contributed by atoms with E-state index < -0.39 is 0 Å². The van der Waals surface area contributed by atoms with Crippen molar-refractivity contribution in [1.82, 2.24) is 9.88 Å². The molecule has 1 atom stereocenters. The second-order valence-corrected chi connectivity index (χ2v) is 4.65. The lowest BCUT2D eigenvalue weighted by molar-refractivity contribution is 0.0938. The summed E-state index contributed by atoms with van der Waals surface area (Å²) in [6.07, 6.45) is 3.02. The van der Waals surface area contributed by atoms with E-state index in [1.54, 1.807) is 0 Å². The lowest BCUT2D eigenvalue weighted by atomic mass is 10.2. The van der Waals surface area contributed by atoms with Crippen LogP contribution in [0.25, 0.3) is 0 Å². The van der Waals surface area contributed by atoms with E-state index >= 15 is 0 Å². The number of carbonyl (C=O) groups excluding carboxylic acids is 1. The number of amides is 1. The molecule has 1 unspecified atom stereocenters. The number of halogens is 1. The van der Waals surface area contributed by atoms with E-state index in [1.807, 2.05) is 23.8 Å². The highest BCUT2D eigenvalue weighted by Gasteiger charge is 2.18. The summed E-state index contributed by atoms with van der Waals surface area (Å²) in [6.45, 7) is 2.97. The highest BCUT2D eigenvalue weighted by Crippen LogP contribution is 2.15. The van der Waals surface area contributed by atoms with E-state index in [0.29, 0.717) is 0 Å². The summed E-state index contributed by atoms with van der Waals surface area (Å²) in [5.41, 5.74) is 0.786. The first-order valence-electron chi connectivity index (χ1n) is 4.33. The van der Waals surface area contributed by atoms with Crippen LogP contribution in [-0.4, -0.2) is 16.5 Å². The molecule has 0 bridgehead atoms. The third-order valence-corrected chi connectivity index (χ3v) is 2.87. The van der Waals surface area contributed by atoms with Gasteiger partial charge in [0.05, 0.1) is 0 Å². The van der Waals surface area contributed by atoms with Crippen LogP contribution in [-0.2, 0) is 6.54 Å². The first kappa shape index (κ1) is 9.05. The van der Waals surface area contributed by atoms with E-state index in [4.69, 9.17) is 0 Å². The number of fused-ring (bicyclic) bond motifs is 1. The summed E-state index contributed by atoms with van der Waals surface area (Å²) in [5.74, 6) is 0.0490. The van der Waals surface area contributed by atoms with Crippen molar-refractivity contribution in [3.8, 4) is 0 Å². The average molecular weight is 290 g/mol. The molecule has 0 radical (unpaired) electrons. The van der Waals surface area contributed by atoms with Crippen molar-refractivity contribution >= 4 is 28.5 Å². The molecule has 1 aliphatic rings. The van der Waals surface area contributed by atoms with Crippen LogP contribution in [0, 0.1) is 3.57 Å². The number of hydrogen-bond acceptors (Lipinski definition) is 1. The molecule has 0 aromatic carbocycles. The van der Waals surface area contributed by atoms with Gasteiger partial charge in [0.25, 0.3) is 5.91 Å². The summed E-state index contributed by atoms with van der Waals surface area (Å²) < 4.78 is 3.15. The Morgan fingerprint density at radius 1 is 1.69 bits per heavy atom. The quantitative estimate of drug-likeness (QED) is 0.724. The molecule has 1 aromatic rings. The summed E-state index contributed by atoms with van der Waals surface area (Å²) >= 11 is 2.23. The van der Waals surface area contributed by atoms with Gasteiger partial charge in [0.1, 0.15) is 5.69 Å². The van der Waals surface area contributed by atoms with Crippen LogP contribution < -0.4 is 5.32 Å². The maximum atomic E-state index is 11.6. The highest BCUT2D eigenvalue weighted by atomic mass is 127. The number of carbonyl (C=O) groups is 1. The van der Waals surface area contributed by atoms with Gasteiger partial charge in [0.2, 0.25) is 0 Å². The Morgan fingerprint density at radius 2 is 2.46 bits per heavy atom. The van der Waals surface area contributed by atoms with Crippen LogP contribution in [0.4, 0.5) is 0 Å². The van der Waals surface area contributed by atoms with E-state index in [1.165, 1.54) is 0 Å². The zero-order valence-electron chi connectivity index (χ0n) is 7.38. The van der Waals surface area contributed by atoms with Gasteiger partial charge in [0, 0.05) is 22.4 Å². The Morgan fingerprint density at radius 3 is 3.23 bits per heavy atom. The lowest BCUT2D eigenvalue weighted by Crippen LogP contribution is -2.30. The minimum absolute atomic E-state index is 0.0490. The lowest BCUT2D eigenvalue weighted by Gasteiger charge is -2.07. The van der Waals surface area contributed by atoms with Gasteiger partial charge < -0.3 is 9.88 Å². The molecule has 0 saturated heterocycles. The molecule has 1 aromatic heterocycles. The molecule has 0 aliphatic carbocycles. The van der Waals surface area contributed by atoms with E-state index in [0.717, 1.165) is 22.2 Å². The Hall–Kier alpha value is -0.520. The zero-order chi connectivity index (χ0) is 9.42. The predicted octanol–water partition coefficient (Wildman–Crippen LogP) is 1.61. The molecule has 2 rings (SSSR count). The number of nitrogens with one attached hydrogen (secondary N) is 1. The fraction of sp³-hybridized carbons (Fsp3) is 0.444. The van der Waals surface area contributed by atoms with Crippen molar-refractivity contribution < 1.29 is 4.79 Å². The van der Waals surface area contributed by atoms with Crippen molar-refractivity contribution in [3.05, 3.63) is 21.5 Å². The molecular weight excluding hydrogens is 279 g/mol. The molecule has 2 heterocycles. The minimum atomic E-state index is 0.0490. The van der Waals surface area contributed by atoms with Crippen molar-refractivity contribution in [2.75, 3.05) is 0 Å². The fourth-order valence-electron chi connectivity index (χ4n) is 1.55. The van der Waals surface area contributed by atoms with Crippen molar-refractivity contribution in [2.45, 2.75) is 25.9 Å². The van der Waals surface area contributed by atoms with Crippen LogP contribution in [0.1, 0.15) is 23.8 Å². The molecule has 1 N–H and O–H groups in total. The van der Waals surface area contributed by atoms with E-state index in [-0.39, 0.29) is 11.9 Å². The monoisotopic (exact) mass is 290 g/mol. The standard InChI is InChI=1S/C9H11IN2O/c1-6-2-3-12-5-7(10)4-8(12)9(13)11-6/h4-6H,2-3H2,1H3,(H,11,13). The summed E-state index contributed by atoms with van der Waals surface area (Å²) in [4.78, 5) is 11.6. The zero-order valence-corrected chi connectivity index (χ0v) is 9.54. The van der Waals surface area contributed by atoms with Gasteiger partial charge in [-0.3, -0.25) is 4.79 Å². The Balaban J connectivity index is 2.39. The third-order valence-electron chi connectivity index (χ3n) is 2.28. The van der Waals surface area contributed by atoms with Crippen LogP contribution in [0.15, 0.2) is 12.3 Å². The normalized spacial score (nSPS) is 22.0. The molecule has 70 valence electrons. The number of rotatable bonds is 0. The van der Waals surface area contributed by atoms with Gasteiger partial charge in [-0.1, -0.05) is 0 Å². The van der Waals surface area contributed by atoms with Gasteiger partial charge >= 0.3 is 0 Å². The third kappa shape index (κ3) is 1.72. The van der Waals surface area contributed by atoms with Crippen LogP contribution in [0.3, 0.4) is 0 Å². The summed E-state index contributed by atoms with van der Waals surface area (Å²) in [6, 6.07) is 2.21. The van der Waals surface area contributed by atoms with Gasteiger partial charge in [-0.15, -0.1) is 0 Å². The second-order valence-electron chi connectivity index (χ2n) is 3.40. The van der Waals surface area contributed by atoms with E-state index in [9.17, 15) is 4.79 Å². The van der Waals surface area contributed by atoms with Gasteiger partial charge in [-0.2, -0.15) is 0 Å². The van der Waals surface area contributed by atoms with Gasteiger partial charge in [-0.05, 0) is 42.0 Å². The predicted molar refractivity (Wildman–Crippen MR) is 58.7 cm³/mol. The number of nitrogens with zero attached hydrogens (tertiary/aromatic N) is 1. The number of hydrogen-bond donors (Lipinski definition) is 1. The number of aryl methyl sites for hydroxylation is 1. The van der Waals surface area contributed by atoms with Crippen molar-refractivity contribution in [3.63, 3.8) is 0 Å². The number of aromatic nitrogens is 1. The van der Waals surface area contributed by atoms with Crippen LogP contribution in [0.5, 0.6) is 0 Å². The summed E-state index contributed by atoms with van der Waals surface area (Å²) in [5, 5.41) is 2.95. The Kier molecular flexibility index (Phi) is 2.31. The molecule has 1 amide bonds. The second kappa shape index (κ2) is 3.32. The molecule has 1 aliphatic heterocycles. The molecule has 4 heteroatoms.